The summed E-state index contributed by atoms with van der Waals surface area (Å²) in [5, 5.41) is 3.35. The monoisotopic (exact) mass is 310 g/mol. The van der Waals surface area contributed by atoms with Gasteiger partial charge in [0.05, 0.1) is 23.8 Å². The third-order valence-electron chi connectivity index (χ3n) is 4.05. The number of amides is 1. The third-order valence-corrected chi connectivity index (χ3v) is 4.05. The van der Waals surface area contributed by atoms with Crippen molar-refractivity contribution >= 4 is 17.3 Å². The quantitative estimate of drug-likeness (QED) is 0.940. The molecule has 23 heavy (non-hydrogen) atoms. The molecule has 1 heterocycles. The van der Waals surface area contributed by atoms with Gasteiger partial charge in [0.25, 0.3) is 0 Å². The van der Waals surface area contributed by atoms with E-state index in [0.717, 1.165) is 22.7 Å². The number of rotatable bonds is 4. The molecule has 120 valence electrons. The molecule has 4 nitrogen and oxygen atoms in total. The number of nitrogens with zero attached hydrogens (tertiary/aromatic N) is 1. The second-order valence-corrected chi connectivity index (χ2v) is 5.95. The van der Waals surface area contributed by atoms with Gasteiger partial charge in [-0.15, -0.1) is 0 Å². The van der Waals surface area contributed by atoms with Crippen LogP contribution >= 0.6 is 0 Å². The second kappa shape index (κ2) is 6.73. The van der Waals surface area contributed by atoms with Crippen LogP contribution in [0.2, 0.25) is 0 Å². The van der Waals surface area contributed by atoms with Gasteiger partial charge in [-0.1, -0.05) is 31.2 Å². The standard InChI is InChI=1S/C19H22N2O2/c1-14-6-5-7-16(12-14)23-11-10-21-18-9-4-3-8-17(18)20-13-15(2)19(21)22/h3-9,12,15,20H,10-11,13H2,1-2H3. The summed E-state index contributed by atoms with van der Waals surface area (Å²) in [6.45, 7) is 5.65. The number of carbonyl (C=O) groups is 1. The van der Waals surface area contributed by atoms with Crippen LogP contribution in [0.15, 0.2) is 48.5 Å². The van der Waals surface area contributed by atoms with E-state index in [0.29, 0.717) is 19.7 Å². The van der Waals surface area contributed by atoms with Crippen LogP contribution in [-0.2, 0) is 4.79 Å². The van der Waals surface area contributed by atoms with Crippen molar-refractivity contribution in [2.45, 2.75) is 13.8 Å². The van der Waals surface area contributed by atoms with Crippen LogP contribution in [0.25, 0.3) is 0 Å². The Morgan fingerprint density at radius 2 is 2.04 bits per heavy atom. The van der Waals surface area contributed by atoms with Crippen molar-refractivity contribution in [3.63, 3.8) is 0 Å². The van der Waals surface area contributed by atoms with Crippen LogP contribution in [0.4, 0.5) is 11.4 Å². The van der Waals surface area contributed by atoms with Crippen molar-refractivity contribution in [3.05, 3.63) is 54.1 Å². The normalized spacial score (nSPS) is 17.2. The van der Waals surface area contributed by atoms with Gasteiger partial charge in [0, 0.05) is 6.54 Å². The minimum Gasteiger partial charge on any atom is -0.492 e. The average molecular weight is 310 g/mol. The van der Waals surface area contributed by atoms with E-state index < -0.39 is 0 Å². The fraction of sp³-hybridized carbons (Fsp3) is 0.316. The zero-order valence-electron chi connectivity index (χ0n) is 13.6. The summed E-state index contributed by atoms with van der Waals surface area (Å²) < 4.78 is 5.81. The van der Waals surface area contributed by atoms with Crippen molar-refractivity contribution < 1.29 is 9.53 Å². The molecule has 0 aliphatic carbocycles. The number of fused-ring (bicyclic) bond motifs is 1. The van der Waals surface area contributed by atoms with E-state index in [1.54, 1.807) is 0 Å². The number of benzene rings is 2. The van der Waals surface area contributed by atoms with Gasteiger partial charge in [0.2, 0.25) is 5.91 Å². The van der Waals surface area contributed by atoms with Crippen molar-refractivity contribution in [2.75, 3.05) is 29.9 Å². The number of para-hydroxylation sites is 2. The maximum absolute atomic E-state index is 12.6. The zero-order chi connectivity index (χ0) is 16.2. The summed E-state index contributed by atoms with van der Waals surface area (Å²) >= 11 is 0. The Labute approximate surface area is 137 Å². The SMILES string of the molecule is Cc1cccc(OCCN2C(=O)C(C)CNc3ccccc32)c1. The van der Waals surface area contributed by atoms with Gasteiger partial charge in [-0.3, -0.25) is 4.79 Å². The Balaban J connectivity index is 1.73. The fourth-order valence-corrected chi connectivity index (χ4v) is 2.78. The van der Waals surface area contributed by atoms with Gasteiger partial charge < -0.3 is 15.0 Å². The topological polar surface area (TPSA) is 41.6 Å². The van der Waals surface area contributed by atoms with E-state index in [2.05, 4.69) is 5.32 Å². The lowest BCUT2D eigenvalue weighted by atomic mass is 10.1. The molecule has 4 heteroatoms. The molecule has 1 amide bonds. The molecule has 2 aromatic carbocycles. The lowest BCUT2D eigenvalue weighted by molar-refractivity contribution is -0.121. The fourth-order valence-electron chi connectivity index (χ4n) is 2.78. The van der Waals surface area contributed by atoms with Gasteiger partial charge in [0.15, 0.2) is 0 Å². The Hall–Kier alpha value is -2.49. The number of hydrogen-bond acceptors (Lipinski definition) is 3. The summed E-state index contributed by atoms with van der Waals surface area (Å²) in [5.41, 5.74) is 3.09. The maximum atomic E-state index is 12.6. The van der Waals surface area contributed by atoms with E-state index in [1.165, 1.54) is 0 Å². The molecule has 3 rings (SSSR count). The lowest BCUT2D eigenvalue weighted by Gasteiger charge is -2.24. The Morgan fingerprint density at radius 1 is 1.22 bits per heavy atom. The van der Waals surface area contributed by atoms with Gasteiger partial charge in [-0.05, 0) is 36.8 Å². The van der Waals surface area contributed by atoms with Crippen LogP contribution in [0.1, 0.15) is 12.5 Å². The first kappa shape index (κ1) is 15.4. The Bertz CT molecular complexity index is 699. The largest absolute Gasteiger partial charge is 0.492 e. The number of ether oxygens (including phenoxy) is 1. The smallest absolute Gasteiger partial charge is 0.231 e. The Morgan fingerprint density at radius 3 is 2.87 bits per heavy atom. The molecule has 0 saturated carbocycles. The predicted molar refractivity (Wildman–Crippen MR) is 93.1 cm³/mol. The first-order chi connectivity index (χ1) is 11.1. The van der Waals surface area contributed by atoms with Gasteiger partial charge >= 0.3 is 0 Å². The molecule has 1 aliphatic rings. The number of hydrogen-bond donors (Lipinski definition) is 1. The van der Waals surface area contributed by atoms with Gasteiger partial charge in [-0.25, -0.2) is 0 Å². The number of nitrogens with one attached hydrogen (secondary N) is 1. The predicted octanol–water partition coefficient (Wildman–Crippen LogP) is 3.47. The zero-order valence-corrected chi connectivity index (χ0v) is 13.6. The first-order valence-corrected chi connectivity index (χ1v) is 7.99. The summed E-state index contributed by atoms with van der Waals surface area (Å²) in [5.74, 6) is 0.920. The second-order valence-electron chi connectivity index (χ2n) is 5.95. The molecule has 1 atom stereocenters. The number of anilines is 2. The molecule has 0 fully saturated rings. The van der Waals surface area contributed by atoms with E-state index in [1.807, 2.05) is 67.3 Å². The molecule has 0 bridgehead atoms. The summed E-state index contributed by atoms with van der Waals surface area (Å²) in [6, 6.07) is 15.9. The van der Waals surface area contributed by atoms with Crippen LogP contribution in [-0.4, -0.2) is 25.6 Å². The van der Waals surface area contributed by atoms with Crippen molar-refractivity contribution in [2.24, 2.45) is 5.92 Å². The molecule has 1 unspecified atom stereocenters. The minimum atomic E-state index is -0.0543. The highest BCUT2D eigenvalue weighted by atomic mass is 16.5. The van der Waals surface area contributed by atoms with Gasteiger partial charge in [0.1, 0.15) is 12.4 Å². The van der Waals surface area contributed by atoms with Crippen LogP contribution in [0.3, 0.4) is 0 Å². The van der Waals surface area contributed by atoms with E-state index in [-0.39, 0.29) is 11.8 Å². The van der Waals surface area contributed by atoms with Crippen LogP contribution in [0, 0.1) is 12.8 Å². The highest BCUT2D eigenvalue weighted by molar-refractivity contribution is 5.99. The summed E-state index contributed by atoms with van der Waals surface area (Å²) in [6.07, 6.45) is 0. The van der Waals surface area contributed by atoms with E-state index in [4.69, 9.17) is 4.74 Å². The van der Waals surface area contributed by atoms with Crippen LogP contribution < -0.4 is 15.0 Å². The number of aryl methyl sites for hydroxylation is 1. The molecule has 0 radical (unpaired) electrons. The van der Waals surface area contributed by atoms with Gasteiger partial charge in [-0.2, -0.15) is 0 Å². The van der Waals surface area contributed by atoms with Crippen LogP contribution in [0.5, 0.6) is 5.75 Å². The molecule has 0 saturated heterocycles. The third kappa shape index (κ3) is 3.47. The molecule has 1 aliphatic heterocycles. The molecular weight excluding hydrogens is 288 g/mol. The van der Waals surface area contributed by atoms with Crippen molar-refractivity contribution in [1.29, 1.82) is 0 Å². The average Bonchev–Trinajstić information content (AvgIpc) is 2.67. The van der Waals surface area contributed by atoms with Crippen molar-refractivity contribution in [3.8, 4) is 5.75 Å². The molecule has 0 spiro atoms. The molecule has 1 N–H and O–H groups in total. The molecular formula is C19H22N2O2. The molecule has 2 aromatic rings. The maximum Gasteiger partial charge on any atom is 0.231 e. The highest BCUT2D eigenvalue weighted by Gasteiger charge is 2.26. The Kier molecular flexibility index (Phi) is 4.51. The number of carbonyl (C=O) groups excluding carboxylic acids is 1. The molecule has 0 aromatic heterocycles. The summed E-state index contributed by atoms with van der Waals surface area (Å²) in [4.78, 5) is 14.5. The minimum absolute atomic E-state index is 0.0543. The van der Waals surface area contributed by atoms with E-state index >= 15 is 0 Å². The lowest BCUT2D eigenvalue weighted by Crippen LogP contribution is -2.38. The first-order valence-electron chi connectivity index (χ1n) is 7.99. The summed E-state index contributed by atoms with van der Waals surface area (Å²) in [7, 11) is 0. The highest BCUT2D eigenvalue weighted by Crippen LogP contribution is 2.29. The van der Waals surface area contributed by atoms with Crippen molar-refractivity contribution in [1.82, 2.24) is 0 Å². The van der Waals surface area contributed by atoms with E-state index in [9.17, 15) is 4.79 Å².